The summed E-state index contributed by atoms with van der Waals surface area (Å²) in [7, 11) is 0. The van der Waals surface area contributed by atoms with Gasteiger partial charge >= 0.3 is 0 Å². The standard InChI is InChI=1S/C15H22N4S/c20-15(17-12-5-1-2-6-12)18-13-7-8-14(16-11-13)19-9-3-4-10-19/h7-8,11-12H,1-6,9-10H2,(H2,17,18,20). The van der Waals surface area contributed by atoms with E-state index in [2.05, 4.69) is 32.7 Å². The van der Waals surface area contributed by atoms with Crippen molar-refractivity contribution in [2.75, 3.05) is 23.3 Å². The lowest BCUT2D eigenvalue weighted by molar-refractivity contribution is 0.634. The first kappa shape index (κ1) is 13.6. The minimum Gasteiger partial charge on any atom is -0.360 e. The number of rotatable bonds is 3. The molecule has 0 spiro atoms. The molecule has 4 nitrogen and oxygen atoms in total. The zero-order valence-corrected chi connectivity index (χ0v) is 12.6. The van der Waals surface area contributed by atoms with E-state index in [9.17, 15) is 0 Å². The zero-order chi connectivity index (χ0) is 13.8. The number of hydrogen-bond acceptors (Lipinski definition) is 3. The second-order valence-corrected chi connectivity index (χ2v) is 6.09. The van der Waals surface area contributed by atoms with Gasteiger partial charge in [-0.05, 0) is 50.0 Å². The van der Waals surface area contributed by atoms with Crippen molar-refractivity contribution < 1.29 is 0 Å². The summed E-state index contributed by atoms with van der Waals surface area (Å²) in [6.45, 7) is 2.25. The third-order valence-corrected chi connectivity index (χ3v) is 4.35. The van der Waals surface area contributed by atoms with Crippen LogP contribution in [0.3, 0.4) is 0 Å². The average molecular weight is 290 g/mol. The number of anilines is 2. The van der Waals surface area contributed by atoms with Gasteiger partial charge in [-0.25, -0.2) is 4.98 Å². The summed E-state index contributed by atoms with van der Waals surface area (Å²) in [5, 5.41) is 7.32. The number of aromatic nitrogens is 1. The van der Waals surface area contributed by atoms with Crippen LogP contribution in [-0.2, 0) is 0 Å². The van der Waals surface area contributed by atoms with Crippen LogP contribution in [-0.4, -0.2) is 29.2 Å². The van der Waals surface area contributed by atoms with E-state index in [0.29, 0.717) is 11.2 Å². The van der Waals surface area contributed by atoms with Gasteiger partial charge in [-0.1, -0.05) is 12.8 Å². The highest BCUT2D eigenvalue weighted by atomic mass is 32.1. The topological polar surface area (TPSA) is 40.2 Å². The number of thiocarbonyl (C=S) groups is 1. The second kappa shape index (κ2) is 6.39. The molecule has 1 saturated carbocycles. The molecule has 1 aromatic rings. The molecule has 2 aliphatic rings. The molecule has 0 aromatic carbocycles. The van der Waals surface area contributed by atoms with Crippen LogP contribution in [0.25, 0.3) is 0 Å². The van der Waals surface area contributed by atoms with Crippen molar-refractivity contribution >= 4 is 28.8 Å². The summed E-state index contributed by atoms with van der Waals surface area (Å²) in [5.41, 5.74) is 0.962. The van der Waals surface area contributed by atoms with E-state index >= 15 is 0 Å². The van der Waals surface area contributed by atoms with Gasteiger partial charge in [0.15, 0.2) is 5.11 Å². The molecule has 0 atom stereocenters. The van der Waals surface area contributed by atoms with Gasteiger partial charge in [0.2, 0.25) is 0 Å². The Bertz CT molecular complexity index is 447. The van der Waals surface area contributed by atoms with Gasteiger partial charge in [0.05, 0.1) is 11.9 Å². The fourth-order valence-corrected chi connectivity index (χ4v) is 3.30. The zero-order valence-electron chi connectivity index (χ0n) is 11.8. The summed E-state index contributed by atoms with van der Waals surface area (Å²) in [6, 6.07) is 4.68. The Hall–Kier alpha value is -1.36. The Morgan fingerprint density at radius 3 is 2.55 bits per heavy atom. The molecule has 0 unspecified atom stereocenters. The fourth-order valence-electron chi connectivity index (χ4n) is 3.02. The Morgan fingerprint density at radius 2 is 1.90 bits per heavy atom. The van der Waals surface area contributed by atoms with Crippen molar-refractivity contribution in [3.05, 3.63) is 18.3 Å². The van der Waals surface area contributed by atoms with Crippen LogP contribution >= 0.6 is 12.2 Å². The lowest BCUT2D eigenvalue weighted by atomic mass is 10.2. The number of nitrogens with zero attached hydrogens (tertiary/aromatic N) is 2. The van der Waals surface area contributed by atoms with Gasteiger partial charge in [-0.2, -0.15) is 0 Å². The van der Waals surface area contributed by atoms with E-state index in [0.717, 1.165) is 24.6 Å². The Kier molecular flexibility index (Phi) is 4.35. The highest BCUT2D eigenvalue weighted by Crippen LogP contribution is 2.20. The molecule has 1 aliphatic heterocycles. The van der Waals surface area contributed by atoms with Crippen molar-refractivity contribution in [2.24, 2.45) is 0 Å². The molecule has 2 fully saturated rings. The molecular weight excluding hydrogens is 268 g/mol. The largest absolute Gasteiger partial charge is 0.360 e. The molecule has 2 N–H and O–H groups in total. The minimum absolute atomic E-state index is 0.548. The molecule has 5 heteroatoms. The number of hydrogen-bond donors (Lipinski definition) is 2. The Morgan fingerprint density at radius 1 is 1.15 bits per heavy atom. The minimum atomic E-state index is 0.548. The van der Waals surface area contributed by atoms with Crippen molar-refractivity contribution in [2.45, 2.75) is 44.6 Å². The predicted molar refractivity (Wildman–Crippen MR) is 87.3 cm³/mol. The average Bonchev–Trinajstić information content (AvgIpc) is 3.12. The summed E-state index contributed by atoms with van der Waals surface area (Å²) in [6.07, 6.45) is 9.51. The van der Waals surface area contributed by atoms with Crippen LogP contribution in [0.1, 0.15) is 38.5 Å². The monoisotopic (exact) mass is 290 g/mol. The predicted octanol–water partition coefficient (Wildman–Crippen LogP) is 2.91. The lowest BCUT2D eigenvalue weighted by Gasteiger charge is -2.18. The molecular formula is C15H22N4S. The Balaban J connectivity index is 1.53. The molecule has 0 amide bonds. The highest BCUT2D eigenvalue weighted by Gasteiger charge is 2.16. The second-order valence-electron chi connectivity index (χ2n) is 5.68. The first-order valence-corrected chi connectivity index (χ1v) is 8.00. The molecule has 108 valence electrons. The van der Waals surface area contributed by atoms with Gasteiger partial charge in [-0.3, -0.25) is 0 Å². The van der Waals surface area contributed by atoms with E-state index in [1.807, 2.05) is 6.20 Å². The van der Waals surface area contributed by atoms with E-state index in [4.69, 9.17) is 12.2 Å². The van der Waals surface area contributed by atoms with Crippen molar-refractivity contribution in [3.8, 4) is 0 Å². The fraction of sp³-hybridized carbons (Fsp3) is 0.600. The van der Waals surface area contributed by atoms with E-state index < -0.39 is 0 Å². The normalized spacial score (nSPS) is 19.3. The van der Waals surface area contributed by atoms with Crippen LogP contribution in [0.2, 0.25) is 0 Å². The van der Waals surface area contributed by atoms with E-state index in [1.165, 1.54) is 38.5 Å². The van der Waals surface area contributed by atoms with E-state index in [-0.39, 0.29) is 0 Å². The number of nitrogens with one attached hydrogen (secondary N) is 2. The molecule has 0 radical (unpaired) electrons. The summed E-state index contributed by atoms with van der Waals surface area (Å²) >= 11 is 5.35. The summed E-state index contributed by atoms with van der Waals surface area (Å²) in [4.78, 5) is 6.85. The lowest BCUT2D eigenvalue weighted by Crippen LogP contribution is -2.35. The Labute approximate surface area is 126 Å². The molecule has 20 heavy (non-hydrogen) atoms. The molecule has 2 heterocycles. The third kappa shape index (κ3) is 3.39. The van der Waals surface area contributed by atoms with Crippen LogP contribution < -0.4 is 15.5 Å². The SMILES string of the molecule is S=C(Nc1ccc(N2CCCC2)nc1)NC1CCCC1. The summed E-state index contributed by atoms with van der Waals surface area (Å²) in [5.74, 6) is 1.07. The van der Waals surface area contributed by atoms with Gasteiger partial charge in [0, 0.05) is 19.1 Å². The van der Waals surface area contributed by atoms with Gasteiger partial charge in [0.25, 0.3) is 0 Å². The van der Waals surface area contributed by atoms with Crippen molar-refractivity contribution in [3.63, 3.8) is 0 Å². The van der Waals surface area contributed by atoms with Crippen LogP contribution in [0.5, 0.6) is 0 Å². The highest BCUT2D eigenvalue weighted by molar-refractivity contribution is 7.80. The van der Waals surface area contributed by atoms with Crippen LogP contribution in [0.15, 0.2) is 18.3 Å². The quantitative estimate of drug-likeness (QED) is 0.838. The van der Waals surface area contributed by atoms with Gasteiger partial charge in [-0.15, -0.1) is 0 Å². The van der Waals surface area contributed by atoms with Gasteiger partial charge < -0.3 is 15.5 Å². The number of pyridine rings is 1. The maximum Gasteiger partial charge on any atom is 0.171 e. The van der Waals surface area contributed by atoms with E-state index in [1.54, 1.807) is 0 Å². The first-order chi connectivity index (χ1) is 9.81. The van der Waals surface area contributed by atoms with Crippen LogP contribution in [0.4, 0.5) is 11.5 Å². The molecule has 0 bridgehead atoms. The van der Waals surface area contributed by atoms with Gasteiger partial charge in [0.1, 0.15) is 5.82 Å². The summed E-state index contributed by atoms with van der Waals surface area (Å²) < 4.78 is 0. The maximum atomic E-state index is 5.35. The van der Waals surface area contributed by atoms with Crippen molar-refractivity contribution in [1.29, 1.82) is 0 Å². The maximum absolute atomic E-state index is 5.35. The first-order valence-electron chi connectivity index (χ1n) is 7.60. The molecule has 3 rings (SSSR count). The molecule has 1 aliphatic carbocycles. The molecule has 1 saturated heterocycles. The van der Waals surface area contributed by atoms with Crippen LogP contribution in [0, 0.1) is 0 Å². The smallest absolute Gasteiger partial charge is 0.171 e. The van der Waals surface area contributed by atoms with Crippen molar-refractivity contribution in [1.82, 2.24) is 10.3 Å². The third-order valence-electron chi connectivity index (χ3n) is 4.13. The molecule has 1 aromatic heterocycles.